The van der Waals surface area contributed by atoms with Crippen LogP contribution in [0.25, 0.3) is 0 Å². The van der Waals surface area contributed by atoms with Gasteiger partial charge in [-0.05, 0) is 84.3 Å². The summed E-state index contributed by atoms with van der Waals surface area (Å²) in [6.45, 7) is 4.45. The fourth-order valence-electron chi connectivity index (χ4n) is 3.20. The van der Waals surface area contributed by atoms with Crippen molar-refractivity contribution in [1.29, 1.82) is 0 Å². The Morgan fingerprint density at radius 1 is 0.857 bits per heavy atom. The molecule has 0 aliphatic carbocycles. The molecule has 3 rings (SSSR count). The molecule has 4 heteroatoms. The summed E-state index contributed by atoms with van der Waals surface area (Å²) in [6, 6.07) is 19.9. The molecule has 0 fully saturated rings. The molecule has 0 atom stereocenters. The first-order valence-electron chi connectivity index (χ1n) is 9.31. The van der Waals surface area contributed by atoms with E-state index in [2.05, 4.69) is 19.9 Å². The van der Waals surface area contributed by atoms with Gasteiger partial charge in [0.25, 0.3) is 0 Å². The van der Waals surface area contributed by atoms with Crippen molar-refractivity contribution in [2.45, 2.75) is 38.5 Å². The van der Waals surface area contributed by atoms with Gasteiger partial charge in [-0.3, -0.25) is 0 Å². The van der Waals surface area contributed by atoms with Crippen LogP contribution in [0, 0.1) is 5.82 Å². The molecule has 1 nitrogen and oxygen atoms in total. The van der Waals surface area contributed by atoms with Crippen molar-refractivity contribution in [3.8, 4) is 11.5 Å². The van der Waals surface area contributed by atoms with Gasteiger partial charge in [-0.15, -0.1) is 0 Å². The SMILES string of the molecule is CC(C)(CCCc1cccc(Oc2ccc(F)cc2)c1)c1ccc(Cl)c(Cl)c1. The Morgan fingerprint density at radius 2 is 1.61 bits per heavy atom. The lowest BCUT2D eigenvalue weighted by Crippen LogP contribution is -2.17. The predicted molar refractivity (Wildman–Crippen MR) is 115 cm³/mol. The van der Waals surface area contributed by atoms with E-state index in [-0.39, 0.29) is 11.2 Å². The normalized spacial score (nSPS) is 11.5. The van der Waals surface area contributed by atoms with Gasteiger partial charge in [0.2, 0.25) is 0 Å². The van der Waals surface area contributed by atoms with E-state index in [0.717, 1.165) is 25.0 Å². The van der Waals surface area contributed by atoms with E-state index in [0.29, 0.717) is 15.8 Å². The van der Waals surface area contributed by atoms with E-state index in [1.807, 2.05) is 36.4 Å². The minimum absolute atomic E-state index is 0.0104. The summed E-state index contributed by atoms with van der Waals surface area (Å²) in [5, 5.41) is 1.18. The summed E-state index contributed by atoms with van der Waals surface area (Å²) in [5.41, 5.74) is 2.41. The van der Waals surface area contributed by atoms with Crippen molar-refractivity contribution in [2.24, 2.45) is 0 Å². The van der Waals surface area contributed by atoms with Gasteiger partial charge in [-0.1, -0.05) is 55.2 Å². The van der Waals surface area contributed by atoms with Gasteiger partial charge in [0.05, 0.1) is 10.0 Å². The van der Waals surface area contributed by atoms with Crippen LogP contribution in [0.2, 0.25) is 10.0 Å². The molecule has 0 saturated heterocycles. The molecule has 0 spiro atoms. The Kier molecular flexibility index (Phi) is 6.64. The first kappa shape index (κ1) is 20.7. The average Bonchev–Trinajstić information content (AvgIpc) is 2.66. The lowest BCUT2D eigenvalue weighted by atomic mass is 9.80. The molecule has 0 saturated carbocycles. The zero-order chi connectivity index (χ0) is 20.1. The highest BCUT2D eigenvalue weighted by atomic mass is 35.5. The van der Waals surface area contributed by atoms with Gasteiger partial charge in [-0.25, -0.2) is 4.39 Å². The molecule has 3 aromatic carbocycles. The van der Waals surface area contributed by atoms with E-state index >= 15 is 0 Å². The smallest absolute Gasteiger partial charge is 0.127 e. The molecule has 0 unspecified atom stereocenters. The maximum atomic E-state index is 13.0. The largest absolute Gasteiger partial charge is 0.457 e. The second kappa shape index (κ2) is 8.98. The van der Waals surface area contributed by atoms with Crippen LogP contribution in [0.3, 0.4) is 0 Å². The van der Waals surface area contributed by atoms with Crippen LogP contribution in [0.15, 0.2) is 66.7 Å². The third-order valence-corrected chi connectivity index (χ3v) is 5.66. The van der Waals surface area contributed by atoms with Crippen LogP contribution in [-0.2, 0) is 11.8 Å². The summed E-state index contributed by atoms with van der Waals surface area (Å²) >= 11 is 12.2. The molecule has 28 heavy (non-hydrogen) atoms. The first-order valence-corrected chi connectivity index (χ1v) is 10.1. The number of halogens is 3. The van der Waals surface area contributed by atoms with E-state index in [1.165, 1.54) is 23.3 Å². The quantitative estimate of drug-likeness (QED) is 0.376. The van der Waals surface area contributed by atoms with Crippen molar-refractivity contribution in [3.63, 3.8) is 0 Å². The van der Waals surface area contributed by atoms with E-state index in [9.17, 15) is 4.39 Å². The van der Waals surface area contributed by atoms with E-state index in [4.69, 9.17) is 27.9 Å². The number of hydrogen-bond donors (Lipinski definition) is 0. The van der Waals surface area contributed by atoms with Gasteiger partial charge in [-0.2, -0.15) is 0 Å². The Bertz CT molecular complexity index is 936. The van der Waals surface area contributed by atoms with Crippen LogP contribution in [-0.4, -0.2) is 0 Å². The molecular formula is C24H23Cl2FO. The van der Waals surface area contributed by atoms with Gasteiger partial charge in [0.15, 0.2) is 0 Å². The van der Waals surface area contributed by atoms with Crippen LogP contribution >= 0.6 is 23.2 Å². The Hall–Kier alpha value is -2.03. The number of benzene rings is 3. The highest BCUT2D eigenvalue weighted by Crippen LogP contribution is 2.33. The van der Waals surface area contributed by atoms with Crippen LogP contribution in [0.1, 0.15) is 37.8 Å². The van der Waals surface area contributed by atoms with Crippen molar-refractivity contribution < 1.29 is 9.13 Å². The third-order valence-electron chi connectivity index (χ3n) is 4.92. The molecule has 146 valence electrons. The van der Waals surface area contributed by atoms with Gasteiger partial charge < -0.3 is 4.74 Å². The van der Waals surface area contributed by atoms with Crippen molar-refractivity contribution in [2.75, 3.05) is 0 Å². The summed E-state index contributed by atoms with van der Waals surface area (Å²) in [5.74, 6) is 1.11. The summed E-state index contributed by atoms with van der Waals surface area (Å²) in [7, 11) is 0. The minimum atomic E-state index is -0.273. The molecular weight excluding hydrogens is 394 g/mol. The maximum absolute atomic E-state index is 13.0. The second-order valence-corrected chi connectivity index (χ2v) is 8.38. The molecule has 0 heterocycles. The van der Waals surface area contributed by atoms with Crippen molar-refractivity contribution in [3.05, 3.63) is 93.7 Å². The lowest BCUT2D eigenvalue weighted by Gasteiger charge is -2.26. The predicted octanol–water partition coefficient (Wildman–Crippen LogP) is 8.23. The van der Waals surface area contributed by atoms with Crippen LogP contribution < -0.4 is 4.74 Å². The molecule has 0 N–H and O–H groups in total. The Morgan fingerprint density at radius 3 is 2.32 bits per heavy atom. The maximum Gasteiger partial charge on any atom is 0.127 e. The summed E-state index contributed by atoms with van der Waals surface area (Å²) in [6.07, 6.45) is 3.01. The zero-order valence-electron chi connectivity index (χ0n) is 16.0. The average molecular weight is 417 g/mol. The molecule has 0 amide bonds. The Labute approximate surface area is 176 Å². The van der Waals surface area contributed by atoms with Crippen LogP contribution in [0.5, 0.6) is 11.5 Å². The standard InChI is InChI=1S/C24H23Cl2FO/c1-24(2,18-8-13-22(25)23(26)16-18)14-4-6-17-5-3-7-21(15-17)28-20-11-9-19(27)10-12-20/h3,5,7-13,15-16H,4,6,14H2,1-2H3. The lowest BCUT2D eigenvalue weighted by molar-refractivity contribution is 0.460. The monoisotopic (exact) mass is 416 g/mol. The topological polar surface area (TPSA) is 9.23 Å². The van der Waals surface area contributed by atoms with E-state index in [1.54, 1.807) is 12.1 Å². The van der Waals surface area contributed by atoms with Gasteiger partial charge >= 0.3 is 0 Å². The van der Waals surface area contributed by atoms with Crippen molar-refractivity contribution >= 4 is 23.2 Å². The fraction of sp³-hybridized carbons (Fsp3) is 0.250. The molecule has 3 aromatic rings. The fourth-order valence-corrected chi connectivity index (χ4v) is 3.50. The number of hydrogen-bond acceptors (Lipinski definition) is 1. The van der Waals surface area contributed by atoms with Gasteiger partial charge in [0.1, 0.15) is 17.3 Å². The van der Waals surface area contributed by atoms with Crippen LogP contribution in [0.4, 0.5) is 4.39 Å². The highest BCUT2D eigenvalue weighted by molar-refractivity contribution is 6.42. The summed E-state index contributed by atoms with van der Waals surface area (Å²) in [4.78, 5) is 0. The highest BCUT2D eigenvalue weighted by Gasteiger charge is 2.21. The molecule has 0 aliphatic rings. The third kappa shape index (κ3) is 5.50. The second-order valence-electron chi connectivity index (χ2n) is 7.57. The first-order chi connectivity index (χ1) is 13.3. The number of ether oxygens (including phenoxy) is 1. The molecule has 0 aromatic heterocycles. The van der Waals surface area contributed by atoms with Crippen molar-refractivity contribution in [1.82, 2.24) is 0 Å². The van der Waals surface area contributed by atoms with Gasteiger partial charge in [0, 0.05) is 0 Å². The minimum Gasteiger partial charge on any atom is -0.457 e. The molecule has 0 bridgehead atoms. The molecule has 0 radical (unpaired) electrons. The molecule has 0 aliphatic heterocycles. The Balaban J connectivity index is 1.59. The number of aryl methyl sites for hydroxylation is 1. The van der Waals surface area contributed by atoms with E-state index < -0.39 is 0 Å². The zero-order valence-corrected chi connectivity index (χ0v) is 17.5. The summed E-state index contributed by atoms with van der Waals surface area (Å²) < 4.78 is 18.8. The number of rotatable bonds is 7.